The van der Waals surface area contributed by atoms with E-state index in [2.05, 4.69) is 44.9 Å². The Bertz CT molecular complexity index is 508. The van der Waals surface area contributed by atoms with E-state index in [0.29, 0.717) is 12.5 Å². The Kier molecular flexibility index (Phi) is 6.92. The highest BCUT2D eigenvalue weighted by atomic mass is 127. The lowest BCUT2D eigenvalue weighted by Gasteiger charge is -2.32. The van der Waals surface area contributed by atoms with Crippen LogP contribution < -0.4 is 5.32 Å². The van der Waals surface area contributed by atoms with Gasteiger partial charge in [-0.05, 0) is 46.7 Å². The zero-order valence-electron chi connectivity index (χ0n) is 12.6. The average molecular weight is 436 g/mol. The zero-order valence-corrected chi connectivity index (χ0v) is 15.6. The van der Waals surface area contributed by atoms with Crippen molar-refractivity contribution in [3.63, 3.8) is 0 Å². The molecule has 0 bridgehead atoms. The third kappa shape index (κ3) is 4.57. The minimum absolute atomic E-state index is 0. The van der Waals surface area contributed by atoms with Crippen LogP contribution in [0.3, 0.4) is 0 Å². The maximum absolute atomic E-state index is 12.4. The first-order valence-electron chi connectivity index (χ1n) is 7.69. The standard InChI is InChI=1S/C16H22IN3O.ClH/c17-14-3-1-2-13(10-14)11-16(21)20-7-4-15(12-20)19-8-5-18-6-9-19;/h1-3,10,15,18H,4-9,11-12H2;1H. The van der Waals surface area contributed by atoms with Crippen LogP contribution in [0.25, 0.3) is 0 Å². The van der Waals surface area contributed by atoms with Gasteiger partial charge in [-0.2, -0.15) is 0 Å². The summed E-state index contributed by atoms with van der Waals surface area (Å²) in [6, 6.07) is 8.79. The van der Waals surface area contributed by atoms with Gasteiger partial charge in [0.25, 0.3) is 0 Å². The molecule has 1 amide bonds. The number of hydrogen-bond donors (Lipinski definition) is 1. The van der Waals surface area contributed by atoms with E-state index in [9.17, 15) is 4.79 Å². The minimum atomic E-state index is 0. The summed E-state index contributed by atoms with van der Waals surface area (Å²) < 4.78 is 1.19. The predicted molar refractivity (Wildman–Crippen MR) is 99.5 cm³/mol. The molecule has 1 aromatic rings. The fraction of sp³-hybridized carbons (Fsp3) is 0.562. The summed E-state index contributed by atoms with van der Waals surface area (Å²) in [6.45, 7) is 6.20. The molecule has 1 aromatic carbocycles. The highest BCUT2D eigenvalue weighted by Crippen LogP contribution is 2.18. The molecule has 6 heteroatoms. The van der Waals surface area contributed by atoms with Crippen molar-refractivity contribution in [2.24, 2.45) is 0 Å². The lowest BCUT2D eigenvalue weighted by molar-refractivity contribution is -0.129. The van der Waals surface area contributed by atoms with Crippen molar-refractivity contribution in [1.29, 1.82) is 0 Å². The van der Waals surface area contributed by atoms with Crippen molar-refractivity contribution in [3.05, 3.63) is 33.4 Å². The van der Waals surface area contributed by atoms with Crippen molar-refractivity contribution < 1.29 is 4.79 Å². The number of nitrogens with one attached hydrogen (secondary N) is 1. The first-order chi connectivity index (χ1) is 10.2. The molecule has 0 aromatic heterocycles. The Hall–Kier alpha value is -0.370. The Morgan fingerprint density at radius 3 is 2.77 bits per heavy atom. The van der Waals surface area contributed by atoms with Gasteiger partial charge >= 0.3 is 0 Å². The van der Waals surface area contributed by atoms with Crippen molar-refractivity contribution >= 4 is 40.9 Å². The number of rotatable bonds is 3. The summed E-state index contributed by atoms with van der Waals surface area (Å²) in [4.78, 5) is 17.0. The van der Waals surface area contributed by atoms with Crippen LogP contribution in [0.1, 0.15) is 12.0 Å². The fourth-order valence-corrected chi connectivity index (χ4v) is 3.85. The molecular formula is C16H23ClIN3O. The summed E-state index contributed by atoms with van der Waals surface area (Å²) in [7, 11) is 0. The number of carbonyl (C=O) groups is 1. The quantitative estimate of drug-likeness (QED) is 0.735. The number of carbonyl (C=O) groups excluding carboxylic acids is 1. The molecule has 4 nitrogen and oxygen atoms in total. The van der Waals surface area contributed by atoms with Crippen LogP contribution in [0.15, 0.2) is 24.3 Å². The van der Waals surface area contributed by atoms with E-state index in [4.69, 9.17) is 0 Å². The third-order valence-corrected chi connectivity index (χ3v) is 5.10. The van der Waals surface area contributed by atoms with Crippen LogP contribution in [-0.2, 0) is 11.2 Å². The van der Waals surface area contributed by atoms with Gasteiger partial charge in [-0.25, -0.2) is 0 Å². The molecule has 2 fully saturated rings. The van der Waals surface area contributed by atoms with Crippen LogP contribution in [0.5, 0.6) is 0 Å². The van der Waals surface area contributed by atoms with Crippen molar-refractivity contribution in [2.45, 2.75) is 18.9 Å². The van der Waals surface area contributed by atoms with Crippen LogP contribution in [0.4, 0.5) is 0 Å². The normalized spacial score (nSPS) is 22.4. The summed E-state index contributed by atoms with van der Waals surface area (Å²) in [6.07, 6.45) is 1.66. The second kappa shape index (κ2) is 8.47. The number of likely N-dealkylation sites (tertiary alicyclic amines) is 1. The second-order valence-electron chi connectivity index (χ2n) is 5.87. The van der Waals surface area contributed by atoms with Gasteiger partial charge in [0.1, 0.15) is 0 Å². The van der Waals surface area contributed by atoms with Crippen LogP contribution in [0.2, 0.25) is 0 Å². The summed E-state index contributed by atoms with van der Waals surface area (Å²) in [5.41, 5.74) is 1.12. The highest BCUT2D eigenvalue weighted by Gasteiger charge is 2.30. The number of amides is 1. The third-order valence-electron chi connectivity index (χ3n) is 4.43. The van der Waals surface area contributed by atoms with E-state index in [1.54, 1.807) is 0 Å². The SMILES string of the molecule is Cl.O=C(Cc1cccc(I)c1)N1CCC(N2CCNCC2)C1. The van der Waals surface area contributed by atoms with Gasteiger partial charge in [0.05, 0.1) is 6.42 Å². The fourth-order valence-electron chi connectivity index (χ4n) is 3.25. The van der Waals surface area contributed by atoms with Crippen molar-refractivity contribution in [1.82, 2.24) is 15.1 Å². The Morgan fingerprint density at radius 1 is 1.27 bits per heavy atom. The summed E-state index contributed by atoms with van der Waals surface area (Å²) >= 11 is 2.30. The number of benzene rings is 1. The van der Waals surface area contributed by atoms with Gasteiger partial charge in [-0.1, -0.05) is 12.1 Å². The first-order valence-corrected chi connectivity index (χ1v) is 8.77. The molecule has 3 rings (SSSR count). The molecular weight excluding hydrogens is 413 g/mol. The van der Waals surface area contributed by atoms with Gasteiger partial charge in [-0.15, -0.1) is 12.4 Å². The second-order valence-corrected chi connectivity index (χ2v) is 7.12. The van der Waals surface area contributed by atoms with Gasteiger partial charge < -0.3 is 10.2 Å². The van der Waals surface area contributed by atoms with E-state index >= 15 is 0 Å². The molecule has 2 saturated heterocycles. The first kappa shape index (κ1) is 18.0. The molecule has 0 radical (unpaired) electrons. The van der Waals surface area contributed by atoms with E-state index in [1.807, 2.05) is 17.0 Å². The Balaban J connectivity index is 0.00000176. The molecule has 2 aliphatic heterocycles. The van der Waals surface area contributed by atoms with Crippen molar-refractivity contribution in [3.8, 4) is 0 Å². The van der Waals surface area contributed by atoms with Crippen LogP contribution >= 0.6 is 35.0 Å². The molecule has 122 valence electrons. The van der Waals surface area contributed by atoms with Crippen LogP contribution in [-0.4, -0.2) is 61.0 Å². The van der Waals surface area contributed by atoms with Gasteiger partial charge in [-0.3, -0.25) is 9.69 Å². The summed E-state index contributed by atoms with van der Waals surface area (Å²) in [5.74, 6) is 0.273. The monoisotopic (exact) mass is 435 g/mol. The van der Waals surface area contributed by atoms with E-state index in [1.165, 1.54) is 3.57 Å². The molecule has 0 aliphatic carbocycles. The smallest absolute Gasteiger partial charge is 0.227 e. The topological polar surface area (TPSA) is 35.6 Å². The largest absolute Gasteiger partial charge is 0.341 e. The average Bonchev–Trinajstić information content (AvgIpc) is 2.98. The molecule has 2 aliphatic rings. The molecule has 1 atom stereocenters. The maximum Gasteiger partial charge on any atom is 0.227 e. The van der Waals surface area contributed by atoms with Crippen LogP contribution in [0, 0.1) is 3.57 Å². The summed E-state index contributed by atoms with van der Waals surface area (Å²) in [5, 5.41) is 3.39. The Labute approximate surface area is 152 Å². The van der Waals surface area contributed by atoms with Gasteiger partial charge in [0.15, 0.2) is 0 Å². The molecule has 2 heterocycles. The van der Waals surface area contributed by atoms with Gasteiger partial charge in [0, 0.05) is 48.9 Å². The van der Waals surface area contributed by atoms with E-state index < -0.39 is 0 Å². The zero-order chi connectivity index (χ0) is 14.7. The number of halogens is 2. The molecule has 1 unspecified atom stereocenters. The number of hydrogen-bond acceptors (Lipinski definition) is 3. The molecule has 1 N–H and O–H groups in total. The van der Waals surface area contributed by atoms with Crippen molar-refractivity contribution in [2.75, 3.05) is 39.3 Å². The number of nitrogens with zero attached hydrogens (tertiary/aromatic N) is 2. The predicted octanol–water partition coefficient (Wildman–Crippen LogP) is 1.76. The minimum Gasteiger partial charge on any atom is -0.341 e. The molecule has 0 spiro atoms. The molecule has 0 saturated carbocycles. The van der Waals surface area contributed by atoms with E-state index in [0.717, 1.165) is 51.3 Å². The van der Waals surface area contributed by atoms with Gasteiger partial charge in [0.2, 0.25) is 5.91 Å². The number of piperazine rings is 1. The molecule has 22 heavy (non-hydrogen) atoms. The lowest BCUT2D eigenvalue weighted by atomic mass is 10.1. The highest BCUT2D eigenvalue weighted by molar-refractivity contribution is 14.1. The maximum atomic E-state index is 12.4. The Morgan fingerprint density at radius 2 is 2.05 bits per heavy atom. The van der Waals surface area contributed by atoms with E-state index in [-0.39, 0.29) is 18.3 Å². The lowest BCUT2D eigenvalue weighted by Crippen LogP contribution is -2.49.